The minimum Gasteiger partial charge on any atom is -0.158 e. The van der Waals surface area contributed by atoms with Crippen molar-refractivity contribution in [1.29, 1.82) is 0 Å². The van der Waals surface area contributed by atoms with Gasteiger partial charge in [-0.2, -0.15) is 16.4 Å². The van der Waals surface area contributed by atoms with Crippen LogP contribution in [0, 0.1) is 0 Å². The van der Waals surface area contributed by atoms with Crippen molar-refractivity contribution in [2.24, 2.45) is 0 Å². The van der Waals surface area contributed by atoms with Crippen LogP contribution in [0.1, 0.15) is 0 Å². The molecule has 2 aromatic heterocycles. The van der Waals surface area contributed by atoms with E-state index in [1.165, 1.54) is 5.56 Å². The van der Waals surface area contributed by atoms with E-state index in [4.69, 9.17) is 0 Å². The van der Waals surface area contributed by atoms with Gasteiger partial charge in [0.1, 0.15) is 5.52 Å². The minimum absolute atomic E-state index is 0.971. The van der Waals surface area contributed by atoms with Gasteiger partial charge in [-0.3, -0.25) is 0 Å². The summed E-state index contributed by atoms with van der Waals surface area (Å²) in [4.78, 5) is 0. The molecule has 0 fully saturated rings. The van der Waals surface area contributed by atoms with Crippen LogP contribution in [0.15, 0.2) is 47.3 Å². The average molecular weight is 212 g/mol. The molecule has 0 radical (unpaired) electrons. The molecule has 3 heteroatoms. The second-order valence-corrected chi connectivity index (χ2v) is 4.07. The second kappa shape index (κ2) is 3.44. The third-order valence-corrected chi connectivity index (χ3v) is 3.06. The first-order valence-corrected chi connectivity index (χ1v) is 5.62. The number of fused-ring (bicyclic) bond motifs is 1. The van der Waals surface area contributed by atoms with Crippen molar-refractivity contribution in [3.8, 4) is 11.1 Å². The van der Waals surface area contributed by atoms with Gasteiger partial charge in [-0.15, -0.1) is 5.10 Å². The van der Waals surface area contributed by atoms with Crippen LogP contribution in [0.4, 0.5) is 0 Å². The minimum atomic E-state index is 0.971. The van der Waals surface area contributed by atoms with Gasteiger partial charge in [-0.25, -0.2) is 0 Å². The van der Waals surface area contributed by atoms with Gasteiger partial charge in [0.2, 0.25) is 0 Å². The summed E-state index contributed by atoms with van der Waals surface area (Å²) in [6, 6.07) is 10.3. The molecule has 3 aromatic rings. The molecule has 0 atom stereocenters. The van der Waals surface area contributed by atoms with Gasteiger partial charge in [-0.05, 0) is 28.5 Å². The molecule has 2 nitrogen and oxygen atoms in total. The predicted octanol–water partition coefficient (Wildman–Crippen LogP) is 3.36. The Morgan fingerprint density at radius 3 is 2.93 bits per heavy atom. The van der Waals surface area contributed by atoms with Crippen LogP contribution in [0.3, 0.4) is 0 Å². The first kappa shape index (κ1) is 8.56. The highest BCUT2D eigenvalue weighted by Gasteiger charge is 2.04. The molecule has 0 aliphatic rings. The van der Waals surface area contributed by atoms with Crippen molar-refractivity contribution in [1.82, 2.24) is 10.2 Å². The molecule has 0 saturated heterocycles. The fourth-order valence-corrected chi connectivity index (χ4v) is 2.32. The van der Waals surface area contributed by atoms with Crippen LogP contribution >= 0.6 is 11.3 Å². The van der Waals surface area contributed by atoms with E-state index < -0.39 is 0 Å². The maximum atomic E-state index is 4.19. The average Bonchev–Trinajstić information content (AvgIpc) is 2.82. The number of thiophene rings is 1. The first-order valence-electron chi connectivity index (χ1n) is 4.68. The molecule has 0 bridgehead atoms. The zero-order valence-electron chi connectivity index (χ0n) is 7.92. The van der Waals surface area contributed by atoms with Gasteiger partial charge in [0, 0.05) is 10.9 Å². The largest absolute Gasteiger partial charge is 0.158 e. The molecule has 0 aliphatic heterocycles. The molecule has 0 amide bonds. The van der Waals surface area contributed by atoms with Crippen LogP contribution in [0.2, 0.25) is 0 Å². The number of aromatic nitrogens is 2. The lowest BCUT2D eigenvalue weighted by Crippen LogP contribution is -1.85. The molecule has 0 N–H and O–H groups in total. The lowest BCUT2D eigenvalue weighted by atomic mass is 10.1. The van der Waals surface area contributed by atoms with Crippen LogP contribution in [0.5, 0.6) is 0 Å². The monoisotopic (exact) mass is 212 g/mol. The summed E-state index contributed by atoms with van der Waals surface area (Å²) >= 11 is 1.69. The molecule has 0 saturated carbocycles. The third-order valence-electron chi connectivity index (χ3n) is 2.38. The summed E-state index contributed by atoms with van der Waals surface area (Å²) in [5, 5.41) is 13.5. The summed E-state index contributed by atoms with van der Waals surface area (Å²) in [6.07, 6.45) is 1.72. The number of nitrogens with zero attached hydrogens (tertiary/aromatic N) is 2. The SMILES string of the molecule is c1cc(-c2ccsc2)c2nnccc2c1. The van der Waals surface area contributed by atoms with Crippen LogP contribution in [0.25, 0.3) is 22.0 Å². The van der Waals surface area contributed by atoms with Gasteiger partial charge in [-0.1, -0.05) is 18.2 Å². The summed E-state index contributed by atoms with van der Waals surface area (Å²) in [5.41, 5.74) is 3.34. The highest BCUT2D eigenvalue weighted by Crippen LogP contribution is 2.27. The predicted molar refractivity (Wildman–Crippen MR) is 62.9 cm³/mol. The van der Waals surface area contributed by atoms with Gasteiger partial charge in [0.15, 0.2) is 0 Å². The summed E-state index contributed by atoms with van der Waals surface area (Å²) in [5.74, 6) is 0. The molecule has 0 aliphatic carbocycles. The summed E-state index contributed by atoms with van der Waals surface area (Å²) < 4.78 is 0. The van der Waals surface area contributed by atoms with E-state index in [1.807, 2.05) is 6.07 Å². The molecule has 72 valence electrons. The van der Waals surface area contributed by atoms with E-state index in [0.717, 1.165) is 16.5 Å². The molecular formula is C12H8N2S. The maximum Gasteiger partial charge on any atom is 0.101 e. The van der Waals surface area contributed by atoms with Crippen molar-refractivity contribution >= 4 is 22.2 Å². The van der Waals surface area contributed by atoms with Crippen molar-refractivity contribution in [3.05, 3.63) is 47.3 Å². The molecule has 1 aromatic carbocycles. The highest BCUT2D eigenvalue weighted by atomic mass is 32.1. The zero-order chi connectivity index (χ0) is 10.1. The quantitative estimate of drug-likeness (QED) is 0.618. The van der Waals surface area contributed by atoms with Crippen molar-refractivity contribution < 1.29 is 0 Å². The number of benzene rings is 1. The van der Waals surface area contributed by atoms with Crippen LogP contribution in [-0.4, -0.2) is 10.2 Å². The zero-order valence-corrected chi connectivity index (χ0v) is 8.74. The summed E-state index contributed by atoms with van der Waals surface area (Å²) in [7, 11) is 0. The van der Waals surface area contributed by atoms with E-state index in [9.17, 15) is 0 Å². The Bertz CT molecular complexity index is 582. The maximum absolute atomic E-state index is 4.19. The normalized spacial score (nSPS) is 10.7. The topological polar surface area (TPSA) is 25.8 Å². The van der Waals surface area contributed by atoms with Gasteiger partial charge < -0.3 is 0 Å². The molecule has 3 rings (SSSR count). The number of hydrogen-bond donors (Lipinski definition) is 0. The molecule has 0 unspecified atom stereocenters. The van der Waals surface area contributed by atoms with E-state index in [1.54, 1.807) is 17.5 Å². The smallest absolute Gasteiger partial charge is 0.101 e. The van der Waals surface area contributed by atoms with E-state index in [2.05, 4.69) is 45.2 Å². The Balaban J connectivity index is 2.36. The lowest BCUT2D eigenvalue weighted by Gasteiger charge is -2.01. The fourth-order valence-electron chi connectivity index (χ4n) is 1.66. The number of hydrogen-bond acceptors (Lipinski definition) is 3. The standard InChI is InChI=1S/C12H8N2S/c1-2-9-4-6-13-14-12(9)11(3-1)10-5-7-15-8-10/h1-8H. The van der Waals surface area contributed by atoms with E-state index >= 15 is 0 Å². The van der Waals surface area contributed by atoms with Crippen LogP contribution in [-0.2, 0) is 0 Å². The number of rotatable bonds is 1. The van der Waals surface area contributed by atoms with Crippen molar-refractivity contribution in [3.63, 3.8) is 0 Å². The van der Waals surface area contributed by atoms with Gasteiger partial charge in [0.05, 0.1) is 6.20 Å². The fraction of sp³-hybridized carbons (Fsp3) is 0. The second-order valence-electron chi connectivity index (χ2n) is 3.29. The van der Waals surface area contributed by atoms with Crippen molar-refractivity contribution in [2.45, 2.75) is 0 Å². The van der Waals surface area contributed by atoms with Gasteiger partial charge in [0.25, 0.3) is 0 Å². The molecule has 15 heavy (non-hydrogen) atoms. The Kier molecular flexibility index (Phi) is 1.96. The lowest BCUT2D eigenvalue weighted by molar-refractivity contribution is 1.08. The Labute approximate surface area is 91.2 Å². The van der Waals surface area contributed by atoms with Crippen LogP contribution < -0.4 is 0 Å². The van der Waals surface area contributed by atoms with Gasteiger partial charge >= 0.3 is 0 Å². The molecule has 2 heterocycles. The Morgan fingerprint density at radius 2 is 2.07 bits per heavy atom. The molecule has 0 spiro atoms. The van der Waals surface area contributed by atoms with E-state index in [0.29, 0.717) is 0 Å². The third kappa shape index (κ3) is 1.41. The Morgan fingerprint density at radius 1 is 1.07 bits per heavy atom. The van der Waals surface area contributed by atoms with Crippen molar-refractivity contribution in [2.75, 3.05) is 0 Å². The first-order chi connectivity index (χ1) is 7.45. The summed E-state index contributed by atoms with van der Waals surface area (Å²) in [6.45, 7) is 0. The van der Waals surface area contributed by atoms with E-state index in [-0.39, 0.29) is 0 Å². The highest BCUT2D eigenvalue weighted by molar-refractivity contribution is 7.08. The molecular weight excluding hydrogens is 204 g/mol. The Hall–Kier alpha value is -1.74.